The summed E-state index contributed by atoms with van der Waals surface area (Å²) in [6, 6.07) is 16.1. The number of carbonyl (C=O) groups excluding carboxylic acids is 1. The number of hydrogen-bond donors (Lipinski definition) is 1. The van der Waals surface area contributed by atoms with E-state index >= 15 is 0 Å². The quantitative estimate of drug-likeness (QED) is 0.376. The van der Waals surface area contributed by atoms with E-state index < -0.39 is 5.97 Å². The molecular weight excluding hydrogens is 530 g/mol. The monoisotopic (exact) mass is 565 g/mol. The molecule has 10 nitrogen and oxygen atoms in total. The molecule has 0 saturated carbocycles. The molecule has 2 atom stereocenters. The van der Waals surface area contributed by atoms with Gasteiger partial charge in [0.1, 0.15) is 5.82 Å². The third kappa shape index (κ3) is 4.36. The Balaban J connectivity index is 1.04. The Labute approximate surface area is 244 Å². The lowest BCUT2D eigenvalue weighted by molar-refractivity contribution is 0.0689. The maximum atomic E-state index is 13.5. The fourth-order valence-corrected chi connectivity index (χ4v) is 6.98. The fourth-order valence-electron chi connectivity index (χ4n) is 6.98. The first-order valence-electron chi connectivity index (χ1n) is 14.7. The number of carbonyl (C=O) groups is 2. The van der Waals surface area contributed by atoms with Crippen LogP contribution in [0.25, 0.3) is 5.65 Å². The van der Waals surface area contributed by atoms with E-state index in [0.717, 1.165) is 43.9 Å². The van der Waals surface area contributed by atoms with Crippen molar-refractivity contribution >= 4 is 29.0 Å². The van der Waals surface area contributed by atoms with Gasteiger partial charge in [0.05, 0.1) is 11.9 Å². The zero-order chi connectivity index (χ0) is 29.2. The van der Waals surface area contributed by atoms with Crippen molar-refractivity contribution in [2.45, 2.75) is 32.6 Å². The van der Waals surface area contributed by atoms with E-state index in [-0.39, 0.29) is 22.8 Å². The lowest BCUT2D eigenvalue weighted by atomic mass is 9.71. The van der Waals surface area contributed by atoms with Gasteiger partial charge in [0.2, 0.25) is 5.82 Å². The summed E-state index contributed by atoms with van der Waals surface area (Å²) >= 11 is 0. The van der Waals surface area contributed by atoms with Crippen molar-refractivity contribution in [2.24, 2.45) is 11.8 Å². The number of fused-ring (bicyclic) bond motifs is 2. The molecule has 0 radical (unpaired) electrons. The molecule has 3 aromatic heterocycles. The Bertz CT molecular complexity index is 1680. The van der Waals surface area contributed by atoms with E-state index in [2.05, 4.69) is 69.0 Å². The van der Waals surface area contributed by atoms with Crippen LogP contribution < -0.4 is 9.80 Å². The highest BCUT2D eigenvalue weighted by atomic mass is 16.4. The van der Waals surface area contributed by atoms with Gasteiger partial charge in [-0.3, -0.25) is 4.79 Å². The van der Waals surface area contributed by atoms with Crippen molar-refractivity contribution in [3.63, 3.8) is 0 Å². The molecular formula is C32H35N7O3. The minimum atomic E-state index is -1.03. The number of amides is 1. The predicted molar refractivity (Wildman–Crippen MR) is 159 cm³/mol. The molecule has 3 aliphatic rings. The van der Waals surface area contributed by atoms with Crippen LogP contribution in [-0.4, -0.2) is 80.7 Å². The lowest BCUT2D eigenvalue weighted by Crippen LogP contribution is -2.59. The molecule has 1 amide bonds. The highest BCUT2D eigenvalue weighted by molar-refractivity contribution is 5.91. The molecule has 0 spiro atoms. The molecule has 216 valence electrons. The van der Waals surface area contributed by atoms with E-state index in [9.17, 15) is 14.7 Å². The zero-order valence-corrected chi connectivity index (χ0v) is 24.2. The van der Waals surface area contributed by atoms with Gasteiger partial charge >= 0.3 is 5.97 Å². The molecule has 1 N–H and O–H groups in total. The van der Waals surface area contributed by atoms with Crippen LogP contribution in [-0.2, 0) is 5.41 Å². The molecule has 4 aromatic rings. The highest BCUT2D eigenvalue weighted by Gasteiger charge is 2.44. The Kier molecular flexibility index (Phi) is 6.18. The number of carboxylic acids is 1. The van der Waals surface area contributed by atoms with Gasteiger partial charge in [-0.05, 0) is 49.6 Å². The number of likely N-dealkylation sites (tertiary alicyclic amines) is 1. The van der Waals surface area contributed by atoms with E-state index in [4.69, 9.17) is 0 Å². The predicted octanol–water partition coefficient (Wildman–Crippen LogP) is 3.82. The van der Waals surface area contributed by atoms with Crippen molar-refractivity contribution in [2.75, 3.05) is 49.1 Å². The number of aromatic nitrogens is 4. The summed E-state index contributed by atoms with van der Waals surface area (Å²) in [5.74, 6) is 0.333. The maximum absolute atomic E-state index is 13.5. The number of pyridine rings is 2. The van der Waals surface area contributed by atoms with Gasteiger partial charge in [-0.1, -0.05) is 42.8 Å². The number of anilines is 2. The Morgan fingerprint density at radius 3 is 2.33 bits per heavy atom. The second-order valence-corrected chi connectivity index (χ2v) is 12.3. The van der Waals surface area contributed by atoms with Crippen LogP contribution in [0.2, 0.25) is 0 Å². The summed E-state index contributed by atoms with van der Waals surface area (Å²) in [6.07, 6.45) is 3.08. The third-order valence-electron chi connectivity index (χ3n) is 9.54. The molecule has 3 fully saturated rings. The molecule has 3 saturated heterocycles. The highest BCUT2D eigenvalue weighted by Crippen LogP contribution is 2.41. The zero-order valence-electron chi connectivity index (χ0n) is 24.2. The number of benzene rings is 1. The van der Waals surface area contributed by atoms with Crippen molar-refractivity contribution in [3.05, 3.63) is 82.9 Å². The van der Waals surface area contributed by atoms with Crippen molar-refractivity contribution < 1.29 is 14.7 Å². The van der Waals surface area contributed by atoms with Crippen molar-refractivity contribution in [1.82, 2.24) is 24.5 Å². The molecule has 6 heterocycles. The largest absolute Gasteiger partial charge is 0.477 e. The summed E-state index contributed by atoms with van der Waals surface area (Å²) in [7, 11) is 0. The van der Waals surface area contributed by atoms with Crippen LogP contribution in [0.3, 0.4) is 0 Å². The van der Waals surface area contributed by atoms with Crippen LogP contribution in [0.4, 0.5) is 11.5 Å². The normalized spacial score (nSPS) is 21.1. The minimum Gasteiger partial charge on any atom is -0.477 e. The van der Waals surface area contributed by atoms with Gasteiger partial charge in [-0.2, -0.15) is 0 Å². The first-order chi connectivity index (χ1) is 20.2. The summed E-state index contributed by atoms with van der Waals surface area (Å²) in [5, 5.41) is 13.9. The number of rotatable bonds is 6. The third-order valence-corrected chi connectivity index (χ3v) is 9.54. The van der Waals surface area contributed by atoms with E-state index in [1.807, 2.05) is 24.1 Å². The molecule has 42 heavy (non-hydrogen) atoms. The van der Waals surface area contributed by atoms with E-state index in [0.29, 0.717) is 36.4 Å². The van der Waals surface area contributed by atoms with Crippen LogP contribution in [0.15, 0.2) is 54.7 Å². The van der Waals surface area contributed by atoms with Crippen LogP contribution in [0.5, 0.6) is 0 Å². The van der Waals surface area contributed by atoms with Crippen molar-refractivity contribution in [1.29, 1.82) is 0 Å². The summed E-state index contributed by atoms with van der Waals surface area (Å²) in [4.78, 5) is 40.2. The second kappa shape index (κ2) is 9.82. The molecule has 3 aliphatic heterocycles. The lowest BCUT2D eigenvalue weighted by Gasteiger charge is -2.51. The molecule has 1 aromatic carbocycles. The number of hydrogen-bond acceptors (Lipinski definition) is 7. The molecule has 0 bridgehead atoms. The summed E-state index contributed by atoms with van der Waals surface area (Å²) in [6.45, 7) is 11.0. The summed E-state index contributed by atoms with van der Waals surface area (Å²) < 4.78 is 1.76. The average Bonchev–Trinajstić information content (AvgIpc) is 3.67. The Hall–Kier alpha value is -4.47. The molecule has 0 aliphatic carbocycles. The first-order valence-corrected chi connectivity index (χ1v) is 14.7. The van der Waals surface area contributed by atoms with Gasteiger partial charge in [-0.15, -0.1) is 5.10 Å². The fraction of sp³-hybridized carbons (Fsp3) is 0.406. The first kappa shape index (κ1) is 26.4. The van der Waals surface area contributed by atoms with E-state index in [1.165, 1.54) is 17.2 Å². The Morgan fingerprint density at radius 2 is 1.67 bits per heavy atom. The number of aryl methyl sites for hydroxylation is 2. The van der Waals surface area contributed by atoms with Crippen LogP contribution in [0.1, 0.15) is 51.1 Å². The topological polar surface area (TPSA) is 107 Å². The minimum absolute atomic E-state index is 0.0443. The van der Waals surface area contributed by atoms with Crippen LogP contribution in [0, 0.1) is 25.7 Å². The van der Waals surface area contributed by atoms with Gasteiger partial charge in [0, 0.05) is 56.5 Å². The van der Waals surface area contributed by atoms with Gasteiger partial charge in [-0.25, -0.2) is 19.3 Å². The second-order valence-electron chi connectivity index (χ2n) is 12.3. The van der Waals surface area contributed by atoms with Crippen LogP contribution >= 0.6 is 0 Å². The van der Waals surface area contributed by atoms with Gasteiger partial charge in [0.25, 0.3) is 5.91 Å². The smallest absolute Gasteiger partial charge is 0.354 e. The average molecular weight is 566 g/mol. The Morgan fingerprint density at radius 1 is 0.952 bits per heavy atom. The molecule has 7 rings (SSSR count). The molecule has 10 heteroatoms. The van der Waals surface area contributed by atoms with Gasteiger partial charge < -0.3 is 19.8 Å². The number of nitrogens with zero attached hydrogens (tertiary/aromatic N) is 7. The number of aromatic carboxylic acids is 1. The number of carboxylic acid groups (broad SMARTS) is 1. The van der Waals surface area contributed by atoms with E-state index in [1.54, 1.807) is 10.6 Å². The standard InChI is InChI=1S/C32H35N7O3/c1-4-32(24-10-8-20(2)9-11-24)18-38(19-32)25-12-21(3)29-34-28(35-39(29)17-25)30(40)37-15-22-13-36(14-23(22)16-37)27-7-5-6-26(33-27)31(41)42/h5-12,17,22-23H,4,13-16,18-19H2,1-3H3,(H,41,42)/t22-,23+. The maximum Gasteiger partial charge on any atom is 0.354 e. The van der Waals surface area contributed by atoms with Crippen molar-refractivity contribution in [3.8, 4) is 0 Å². The summed E-state index contributed by atoms with van der Waals surface area (Å²) in [5.41, 5.74) is 5.66. The SMILES string of the molecule is CCC1(c2ccc(C)cc2)CN(c2cc(C)c3nc(C(=O)N4C[C@@H]5CN(c6cccc(C(=O)O)n6)C[C@@H]5C4)nn3c2)C1. The molecule has 0 unspecified atom stereocenters. The van der Waals surface area contributed by atoms with Gasteiger partial charge in [0.15, 0.2) is 11.3 Å².